The van der Waals surface area contributed by atoms with Gasteiger partial charge >= 0.3 is 15.6 Å². The number of carbonyl (C=O) groups is 3. The average Bonchev–Trinajstić information content (AvgIpc) is 0.790. The Kier molecular flexibility index (Phi) is 53.7. The van der Waals surface area contributed by atoms with Crippen molar-refractivity contribution < 1.29 is 84.6 Å². The largest absolute Gasteiger partial charge is 0.475 e. The van der Waals surface area contributed by atoms with Gasteiger partial charge in [-0.2, -0.15) is 0 Å². The van der Waals surface area contributed by atoms with Gasteiger partial charge in [0, 0.05) is 46.2 Å². The number of Topliss-reactive ketones (excluding diaryl/α,β-unsaturated/α-hetero) is 1. The van der Waals surface area contributed by atoms with E-state index in [2.05, 4.69) is 63.6 Å². The molecule has 95 heavy (non-hydrogen) atoms. The first kappa shape index (κ1) is 88.9. The number of phosphoric acid groups is 2. The van der Waals surface area contributed by atoms with Crippen LogP contribution in [0.3, 0.4) is 0 Å². The zero-order valence-corrected chi connectivity index (χ0v) is 62.2. The van der Waals surface area contributed by atoms with Gasteiger partial charge in [0.2, 0.25) is 11.8 Å². The highest BCUT2D eigenvalue weighted by Gasteiger charge is 2.53. The molecule has 2 amide bonds. The number of unbranched alkanes of at least 4 members (excludes halogenated alkanes) is 30. The van der Waals surface area contributed by atoms with Gasteiger partial charge in [0.25, 0.3) is 0 Å². The molecular formula is C73H136N2O18P2. The van der Waals surface area contributed by atoms with Gasteiger partial charge in [-0.3, -0.25) is 32.5 Å². The van der Waals surface area contributed by atoms with Gasteiger partial charge in [-0.25, -0.2) is 9.13 Å². The van der Waals surface area contributed by atoms with Crippen molar-refractivity contribution in [3.63, 3.8) is 0 Å². The minimum absolute atomic E-state index is 0.109. The van der Waals surface area contributed by atoms with E-state index < -0.39 is 89.1 Å². The second-order valence-electron chi connectivity index (χ2n) is 26.3. The van der Waals surface area contributed by atoms with Crippen LogP contribution >= 0.6 is 15.6 Å². The zero-order valence-electron chi connectivity index (χ0n) is 60.4. The Hall–Kier alpha value is -2.23. The number of carbonyl (C=O) groups excluding carboxylic acids is 3. The summed E-state index contributed by atoms with van der Waals surface area (Å²) in [6.45, 7) is 17.6. The van der Waals surface area contributed by atoms with Crippen LogP contribution in [0.2, 0.25) is 0 Å². The quantitative estimate of drug-likeness (QED) is 0.0191. The maximum Gasteiger partial charge on any atom is 0.475 e. The molecule has 4 N–H and O–H groups in total. The number of hydrogen-bond acceptors (Lipinski definition) is 16. The number of amides is 2. The molecule has 0 saturated carbocycles. The number of ether oxygens (including phenoxy) is 7. The summed E-state index contributed by atoms with van der Waals surface area (Å²) >= 11 is 0. The van der Waals surface area contributed by atoms with Crippen molar-refractivity contribution in [2.75, 3.05) is 53.9 Å². The molecular weight excluding hydrogens is 1250 g/mol. The zero-order chi connectivity index (χ0) is 69.6. The number of phosphoric ester groups is 2. The van der Waals surface area contributed by atoms with E-state index in [-0.39, 0.29) is 70.3 Å². The standard InChI is InChI=1S/C73H136N2O18P2/c1-10-16-20-24-27-30-31-32-33-34-35-37-39-43-47-51-65(77)74-68-71(86-56-52-62(84-9)50-46-41-23-19-13-4)70(92-95(82,88-53-14-5)89-54-15-6)64(58-83-8)91-72(68)87-59-63-60(7)69(85-55-48-44-40-29-26-22-18-12-3)67(73(90-63)93-94(79,80)81)75-66(78)57-61(76)49-45-42-38-36-28-25-21-17-11-2/h14-15,30-31,60,62-64,67-73H,5-6,10-13,16-29,32-59H2,1-4,7-9H3,(H,74,77)(H,75,78)(H2,79,80,81)/b31-30-/t60-,62-,63-,64-,67-,68-,69+,70-,71-,72-,73-/m1/s1. The Morgan fingerprint density at radius 3 is 1.49 bits per heavy atom. The molecule has 22 heteroatoms. The maximum atomic E-state index is 14.7. The fraction of sp³-hybridized carbons (Fsp3) is 0.877. The summed E-state index contributed by atoms with van der Waals surface area (Å²) in [4.78, 5) is 62.5. The van der Waals surface area contributed by atoms with Gasteiger partial charge in [0.1, 0.15) is 36.2 Å². The number of allylic oxidation sites excluding steroid dienone is 2. The van der Waals surface area contributed by atoms with Crippen LogP contribution in [0, 0.1) is 5.92 Å². The number of methoxy groups -OCH3 is 2. The first-order valence-corrected chi connectivity index (χ1v) is 40.5. The lowest BCUT2D eigenvalue weighted by Crippen LogP contribution is -2.67. The fourth-order valence-corrected chi connectivity index (χ4v) is 14.1. The lowest BCUT2D eigenvalue weighted by Gasteiger charge is -2.48. The van der Waals surface area contributed by atoms with E-state index in [1.165, 1.54) is 83.5 Å². The topological polar surface area (TPSA) is 251 Å². The van der Waals surface area contributed by atoms with Crippen LogP contribution in [-0.2, 0) is 74.8 Å². The van der Waals surface area contributed by atoms with Crippen molar-refractivity contribution in [2.45, 2.75) is 353 Å². The van der Waals surface area contributed by atoms with E-state index in [9.17, 15) is 33.3 Å². The van der Waals surface area contributed by atoms with Crippen LogP contribution in [-0.4, -0.2) is 143 Å². The molecule has 0 unspecified atom stereocenters. The maximum absolute atomic E-state index is 14.7. The van der Waals surface area contributed by atoms with Crippen LogP contribution in [0.15, 0.2) is 37.5 Å². The molecule has 556 valence electrons. The van der Waals surface area contributed by atoms with E-state index in [0.29, 0.717) is 25.7 Å². The molecule has 2 rings (SSSR count). The van der Waals surface area contributed by atoms with Gasteiger partial charge in [-0.1, -0.05) is 239 Å². The van der Waals surface area contributed by atoms with Crippen molar-refractivity contribution in [1.82, 2.24) is 10.6 Å². The number of ketones is 1. The molecule has 2 fully saturated rings. The van der Waals surface area contributed by atoms with Crippen LogP contribution < -0.4 is 10.6 Å². The fourth-order valence-electron chi connectivity index (χ4n) is 12.3. The SMILES string of the molecule is C=CCOP(=O)(OCC=C)O[C@H]1[C@H](OCC[C@@H](CCCCCCC)OC)[C@@H](NC(=O)CCCCCCCCC/C=C\CCCCCC)[C@H](OC[C@H]2O[C@H](OP(=O)(O)O)[C@H](NC(=O)CC(=O)CCCCCCCCCCC)[C@@H](OCCCCCCCCCC)[C@@H]2C)O[C@@H]1COC. The summed E-state index contributed by atoms with van der Waals surface area (Å²) in [5.74, 6) is -1.87. The van der Waals surface area contributed by atoms with Crippen molar-refractivity contribution in [1.29, 1.82) is 0 Å². The molecule has 0 bridgehead atoms. The van der Waals surface area contributed by atoms with Crippen LogP contribution in [0.25, 0.3) is 0 Å². The third kappa shape index (κ3) is 42.6. The number of rotatable bonds is 65. The molecule has 2 aliphatic heterocycles. The Labute approximate surface area is 575 Å². The molecule has 0 aromatic heterocycles. The molecule has 0 radical (unpaired) electrons. The highest BCUT2D eigenvalue weighted by molar-refractivity contribution is 7.48. The summed E-state index contributed by atoms with van der Waals surface area (Å²) in [7, 11) is -6.64. The number of nitrogens with one attached hydrogen (secondary N) is 2. The normalized spacial score (nSPS) is 22.1. The summed E-state index contributed by atoms with van der Waals surface area (Å²) < 4.78 is 96.1. The predicted octanol–water partition coefficient (Wildman–Crippen LogP) is 17.3. The third-order valence-corrected chi connectivity index (χ3v) is 19.8. The van der Waals surface area contributed by atoms with Crippen LogP contribution in [0.4, 0.5) is 0 Å². The minimum atomic E-state index is -5.32. The second-order valence-corrected chi connectivity index (χ2v) is 29.1. The summed E-state index contributed by atoms with van der Waals surface area (Å²) in [6, 6.07) is -2.43. The Bertz CT molecular complexity index is 2050. The van der Waals surface area contributed by atoms with E-state index in [1.54, 1.807) is 7.11 Å². The van der Waals surface area contributed by atoms with Gasteiger partial charge in [0.05, 0.1) is 51.2 Å². The predicted molar refractivity (Wildman–Crippen MR) is 378 cm³/mol. The monoisotopic (exact) mass is 1390 g/mol. The molecule has 2 heterocycles. The van der Waals surface area contributed by atoms with E-state index >= 15 is 0 Å². The molecule has 0 aliphatic carbocycles. The van der Waals surface area contributed by atoms with Crippen molar-refractivity contribution in [3.05, 3.63) is 37.5 Å². The first-order valence-electron chi connectivity index (χ1n) is 37.5. The Balaban J connectivity index is 2.59. The number of hydrogen-bond donors (Lipinski definition) is 4. The minimum Gasteiger partial charge on any atom is -0.382 e. The van der Waals surface area contributed by atoms with E-state index in [0.717, 1.165) is 148 Å². The summed E-state index contributed by atoms with van der Waals surface area (Å²) in [5.41, 5.74) is 0. The molecule has 0 spiro atoms. The molecule has 11 atom stereocenters. The lowest BCUT2D eigenvalue weighted by atomic mass is 9.88. The van der Waals surface area contributed by atoms with E-state index in [4.69, 9.17) is 51.3 Å². The third-order valence-electron chi connectivity index (χ3n) is 17.9. The van der Waals surface area contributed by atoms with E-state index in [1.807, 2.05) is 6.92 Å². The van der Waals surface area contributed by atoms with Crippen LogP contribution in [0.5, 0.6) is 0 Å². The molecule has 2 saturated heterocycles. The molecule has 0 aromatic rings. The first-order chi connectivity index (χ1) is 46.0. The molecule has 0 aromatic carbocycles. The smallest absolute Gasteiger partial charge is 0.382 e. The van der Waals surface area contributed by atoms with Crippen molar-refractivity contribution in [2.24, 2.45) is 5.92 Å². The summed E-state index contributed by atoms with van der Waals surface area (Å²) in [5, 5.41) is 6.02. The van der Waals surface area contributed by atoms with Crippen molar-refractivity contribution in [3.8, 4) is 0 Å². The highest BCUT2D eigenvalue weighted by atomic mass is 31.2. The van der Waals surface area contributed by atoms with Gasteiger partial charge in [0.15, 0.2) is 12.6 Å². The van der Waals surface area contributed by atoms with Gasteiger partial charge < -0.3 is 53.6 Å². The van der Waals surface area contributed by atoms with Gasteiger partial charge in [-0.15, -0.1) is 13.2 Å². The second kappa shape index (κ2) is 57.4. The summed E-state index contributed by atoms with van der Waals surface area (Å²) in [6.07, 6.45) is 37.5. The highest BCUT2D eigenvalue weighted by Crippen LogP contribution is 2.53. The Morgan fingerprint density at radius 2 is 0.968 bits per heavy atom. The lowest BCUT2D eigenvalue weighted by molar-refractivity contribution is -0.295. The van der Waals surface area contributed by atoms with Crippen LogP contribution in [0.1, 0.15) is 291 Å². The average molecular weight is 1390 g/mol. The molecule has 20 nitrogen and oxygen atoms in total. The van der Waals surface area contributed by atoms with Gasteiger partial charge in [-0.05, 0) is 57.8 Å². The van der Waals surface area contributed by atoms with Crippen molar-refractivity contribution >= 4 is 33.2 Å². The Morgan fingerprint density at radius 1 is 0.505 bits per heavy atom. The molecule has 2 aliphatic rings.